The van der Waals surface area contributed by atoms with E-state index in [1.54, 1.807) is 4.90 Å². The zero-order valence-electron chi connectivity index (χ0n) is 15.2. The van der Waals surface area contributed by atoms with Gasteiger partial charge in [-0.1, -0.05) is 24.3 Å². The van der Waals surface area contributed by atoms with Gasteiger partial charge in [0.1, 0.15) is 0 Å². The molecular formula is C21H24N2O2. The molecule has 1 N–H and O–H groups in total. The fraction of sp³-hybridized carbons (Fsp3) is 0.333. The van der Waals surface area contributed by atoms with Crippen molar-refractivity contribution in [2.75, 3.05) is 16.8 Å². The van der Waals surface area contributed by atoms with E-state index in [-0.39, 0.29) is 24.2 Å². The number of carbonyl (C=O) groups is 2. The molecule has 1 aliphatic heterocycles. The van der Waals surface area contributed by atoms with Gasteiger partial charge in [0.25, 0.3) is 0 Å². The largest absolute Gasteiger partial charge is 0.325 e. The topological polar surface area (TPSA) is 49.4 Å². The van der Waals surface area contributed by atoms with Crippen LogP contribution in [0.2, 0.25) is 0 Å². The smallest absolute Gasteiger partial charge is 0.229 e. The van der Waals surface area contributed by atoms with Gasteiger partial charge in [-0.15, -0.1) is 0 Å². The minimum absolute atomic E-state index is 0.00616. The highest BCUT2D eigenvalue weighted by Gasteiger charge is 2.35. The summed E-state index contributed by atoms with van der Waals surface area (Å²) in [5, 5.41) is 3.02. The Kier molecular flexibility index (Phi) is 4.62. The van der Waals surface area contributed by atoms with Gasteiger partial charge in [-0.25, -0.2) is 0 Å². The van der Waals surface area contributed by atoms with Crippen molar-refractivity contribution in [1.29, 1.82) is 0 Å². The summed E-state index contributed by atoms with van der Waals surface area (Å²) < 4.78 is 0. The Bertz CT molecular complexity index is 801. The van der Waals surface area contributed by atoms with Crippen LogP contribution in [0.15, 0.2) is 36.4 Å². The molecule has 0 aromatic heterocycles. The molecule has 4 heteroatoms. The highest BCUT2D eigenvalue weighted by molar-refractivity contribution is 6.04. The average Bonchev–Trinajstić information content (AvgIpc) is 2.92. The van der Waals surface area contributed by atoms with E-state index in [0.29, 0.717) is 6.54 Å². The lowest BCUT2D eigenvalue weighted by Crippen LogP contribution is -2.28. The molecule has 0 radical (unpaired) electrons. The first kappa shape index (κ1) is 17.2. The number of benzene rings is 2. The zero-order chi connectivity index (χ0) is 18.1. The quantitative estimate of drug-likeness (QED) is 0.924. The number of para-hydroxylation sites is 1. The Morgan fingerprint density at radius 1 is 1.04 bits per heavy atom. The first-order valence-corrected chi connectivity index (χ1v) is 8.61. The van der Waals surface area contributed by atoms with Gasteiger partial charge in [0.2, 0.25) is 11.8 Å². The zero-order valence-corrected chi connectivity index (χ0v) is 15.2. The van der Waals surface area contributed by atoms with E-state index in [1.165, 1.54) is 0 Å². The molecule has 2 amide bonds. The van der Waals surface area contributed by atoms with Crippen molar-refractivity contribution in [3.63, 3.8) is 0 Å². The maximum atomic E-state index is 12.7. The fourth-order valence-electron chi connectivity index (χ4n) is 3.48. The maximum absolute atomic E-state index is 12.7. The number of amides is 2. The molecule has 2 aromatic rings. The summed E-state index contributed by atoms with van der Waals surface area (Å²) in [4.78, 5) is 26.9. The minimum atomic E-state index is -0.327. The molecule has 2 aromatic carbocycles. The average molecular weight is 336 g/mol. The molecular weight excluding hydrogens is 312 g/mol. The number of rotatable bonds is 3. The van der Waals surface area contributed by atoms with Crippen LogP contribution in [0.5, 0.6) is 0 Å². The van der Waals surface area contributed by atoms with Crippen LogP contribution in [0.25, 0.3) is 0 Å². The molecule has 25 heavy (non-hydrogen) atoms. The van der Waals surface area contributed by atoms with Gasteiger partial charge in [0.05, 0.1) is 5.92 Å². The predicted octanol–water partition coefficient (Wildman–Crippen LogP) is 3.91. The van der Waals surface area contributed by atoms with Crippen LogP contribution in [0.1, 0.15) is 28.7 Å². The van der Waals surface area contributed by atoms with E-state index in [1.807, 2.05) is 58.0 Å². The van der Waals surface area contributed by atoms with E-state index >= 15 is 0 Å². The van der Waals surface area contributed by atoms with Crippen molar-refractivity contribution in [2.24, 2.45) is 5.92 Å². The summed E-state index contributed by atoms with van der Waals surface area (Å²) >= 11 is 0. The lowest BCUT2D eigenvalue weighted by Gasteiger charge is -2.18. The van der Waals surface area contributed by atoms with Crippen LogP contribution in [-0.2, 0) is 9.59 Å². The summed E-state index contributed by atoms with van der Waals surface area (Å²) in [6, 6.07) is 12.0. The van der Waals surface area contributed by atoms with Gasteiger partial charge in [-0.3, -0.25) is 9.59 Å². The number of nitrogens with zero attached hydrogens (tertiary/aromatic N) is 1. The molecule has 4 nitrogen and oxygen atoms in total. The Hall–Kier alpha value is -2.62. The van der Waals surface area contributed by atoms with Gasteiger partial charge in [-0.05, 0) is 62.1 Å². The van der Waals surface area contributed by atoms with E-state index in [2.05, 4.69) is 11.4 Å². The maximum Gasteiger partial charge on any atom is 0.229 e. The third kappa shape index (κ3) is 3.58. The van der Waals surface area contributed by atoms with Crippen LogP contribution >= 0.6 is 0 Å². The third-order valence-corrected chi connectivity index (χ3v) is 4.74. The first-order chi connectivity index (χ1) is 11.8. The predicted molar refractivity (Wildman–Crippen MR) is 101 cm³/mol. The number of aryl methyl sites for hydroxylation is 4. The highest BCUT2D eigenvalue weighted by Crippen LogP contribution is 2.28. The minimum Gasteiger partial charge on any atom is -0.325 e. The van der Waals surface area contributed by atoms with E-state index in [9.17, 15) is 9.59 Å². The Balaban J connectivity index is 1.77. The van der Waals surface area contributed by atoms with E-state index in [4.69, 9.17) is 0 Å². The number of hydrogen-bond acceptors (Lipinski definition) is 2. The van der Waals surface area contributed by atoms with Crippen LogP contribution in [0.3, 0.4) is 0 Å². The van der Waals surface area contributed by atoms with Gasteiger partial charge in [0.15, 0.2) is 0 Å². The van der Waals surface area contributed by atoms with Crippen LogP contribution in [-0.4, -0.2) is 18.4 Å². The molecule has 1 aliphatic rings. The van der Waals surface area contributed by atoms with E-state index < -0.39 is 0 Å². The monoisotopic (exact) mass is 336 g/mol. The molecule has 3 rings (SSSR count). The Morgan fingerprint density at radius 3 is 2.24 bits per heavy atom. The molecule has 0 unspecified atom stereocenters. The van der Waals surface area contributed by atoms with Crippen molar-refractivity contribution in [2.45, 2.75) is 34.1 Å². The number of carbonyl (C=O) groups excluding carboxylic acids is 2. The molecule has 0 saturated carbocycles. The normalized spacial score (nSPS) is 17.0. The number of hydrogen-bond donors (Lipinski definition) is 1. The van der Waals surface area contributed by atoms with Crippen LogP contribution in [0, 0.1) is 33.6 Å². The van der Waals surface area contributed by atoms with Gasteiger partial charge in [0, 0.05) is 24.3 Å². The molecule has 1 atom stereocenters. The molecule has 0 spiro atoms. The van der Waals surface area contributed by atoms with Crippen molar-refractivity contribution < 1.29 is 9.59 Å². The van der Waals surface area contributed by atoms with Crippen molar-refractivity contribution in [3.8, 4) is 0 Å². The summed E-state index contributed by atoms with van der Waals surface area (Å²) in [6.07, 6.45) is 0.254. The lowest BCUT2D eigenvalue weighted by molar-refractivity contribution is -0.122. The van der Waals surface area contributed by atoms with Gasteiger partial charge >= 0.3 is 0 Å². The number of anilines is 2. The molecule has 130 valence electrons. The summed E-state index contributed by atoms with van der Waals surface area (Å²) in [5.74, 6) is -0.406. The van der Waals surface area contributed by atoms with Gasteiger partial charge < -0.3 is 10.2 Å². The molecule has 1 heterocycles. The van der Waals surface area contributed by atoms with E-state index in [0.717, 1.165) is 33.6 Å². The standard InChI is InChI=1S/C21H24N2O2/c1-13-8-14(2)10-18(9-13)23-12-17(11-19(23)24)21(25)22-20-15(3)6-5-7-16(20)4/h5-10,17H,11-12H2,1-4H3,(H,22,25)/t17-/m1/s1. The Labute approximate surface area is 148 Å². The number of nitrogens with one attached hydrogen (secondary N) is 1. The first-order valence-electron chi connectivity index (χ1n) is 8.61. The van der Waals surface area contributed by atoms with Crippen molar-refractivity contribution >= 4 is 23.2 Å². The second kappa shape index (κ2) is 6.71. The van der Waals surface area contributed by atoms with Crippen LogP contribution < -0.4 is 10.2 Å². The van der Waals surface area contributed by atoms with Crippen molar-refractivity contribution in [1.82, 2.24) is 0 Å². The summed E-state index contributed by atoms with van der Waals surface area (Å²) in [5.41, 5.74) is 6.03. The molecule has 1 fully saturated rings. The fourth-order valence-corrected chi connectivity index (χ4v) is 3.48. The molecule has 0 bridgehead atoms. The summed E-state index contributed by atoms with van der Waals surface area (Å²) in [7, 11) is 0. The van der Waals surface area contributed by atoms with Gasteiger partial charge in [-0.2, -0.15) is 0 Å². The molecule has 0 aliphatic carbocycles. The molecule has 1 saturated heterocycles. The third-order valence-electron chi connectivity index (χ3n) is 4.74. The van der Waals surface area contributed by atoms with Crippen molar-refractivity contribution in [3.05, 3.63) is 58.7 Å². The summed E-state index contributed by atoms with van der Waals surface area (Å²) in [6.45, 7) is 8.41. The Morgan fingerprint density at radius 2 is 1.64 bits per heavy atom. The second-order valence-electron chi connectivity index (χ2n) is 7.01. The second-order valence-corrected chi connectivity index (χ2v) is 7.01. The highest BCUT2D eigenvalue weighted by atomic mass is 16.2. The SMILES string of the molecule is Cc1cc(C)cc(N2C[C@H](C(=O)Nc3c(C)cccc3C)CC2=O)c1. The lowest BCUT2D eigenvalue weighted by atomic mass is 10.1. The van der Waals surface area contributed by atoms with Crippen LogP contribution in [0.4, 0.5) is 11.4 Å².